The van der Waals surface area contributed by atoms with Crippen LogP contribution in [0.5, 0.6) is 0 Å². The molecule has 2 aliphatic carbocycles. The van der Waals surface area contributed by atoms with Crippen molar-refractivity contribution in [3.63, 3.8) is 0 Å². The average molecular weight is 590 g/mol. The molecule has 0 unspecified atom stereocenters. The molecule has 5 heteroatoms. The molecule has 0 heterocycles. The maximum atomic E-state index is 6.75. The summed E-state index contributed by atoms with van der Waals surface area (Å²) in [6.45, 7) is 0. The quantitative estimate of drug-likeness (QED) is 0.115. The van der Waals surface area contributed by atoms with Crippen LogP contribution in [0.15, 0.2) is 54.6 Å². The zero-order valence-electron chi connectivity index (χ0n) is 17.1. The van der Waals surface area contributed by atoms with Crippen molar-refractivity contribution in [3.05, 3.63) is 70.6 Å². The zero-order valence-corrected chi connectivity index (χ0v) is 20.2. The molecule has 2 saturated carbocycles. The fraction of sp³-hybridized carbons (Fsp3) is 0.500. The Kier molecular flexibility index (Phi) is 11.1. The molecule has 0 saturated heterocycles. The number of benzene rings is 2. The molecule has 0 atom stereocenters. The Hall–Kier alpha value is -1.08. The third-order valence-electron chi connectivity index (χ3n) is 6.41. The predicted molar refractivity (Wildman–Crippen MR) is 124 cm³/mol. The van der Waals surface area contributed by atoms with E-state index in [0.717, 1.165) is 11.3 Å². The van der Waals surface area contributed by atoms with Crippen LogP contribution in [0.1, 0.15) is 64.2 Å². The summed E-state index contributed by atoms with van der Waals surface area (Å²) in [7, 11) is -0.500. The molecular weight excluding hydrogens is 558 g/mol. The van der Waals surface area contributed by atoms with Crippen molar-refractivity contribution in [1.82, 2.24) is 0 Å². The minimum atomic E-state index is -0.500. The van der Waals surface area contributed by atoms with E-state index in [1.807, 2.05) is 0 Å². The van der Waals surface area contributed by atoms with Crippen molar-refractivity contribution < 1.29 is 22.4 Å². The van der Waals surface area contributed by atoms with E-state index in [1.54, 1.807) is 5.30 Å². The Morgan fingerprint density at radius 3 is 1.62 bits per heavy atom. The summed E-state index contributed by atoms with van der Waals surface area (Å²) in [6.07, 6.45) is 14.8. The van der Waals surface area contributed by atoms with Crippen LogP contribution in [0.3, 0.4) is 0 Å². The van der Waals surface area contributed by atoms with Crippen molar-refractivity contribution in [2.45, 2.75) is 75.5 Å². The van der Waals surface area contributed by atoms with Gasteiger partial charge >= 0.3 is 22.4 Å². The molecular formula is C24H32AuN3P+. The van der Waals surface area contributed by atoms with Gasteiger partial charge in [-0.3, -0.25) is 4.91 Å². The Labute approximate surface area is 192 Å². The van der Waals surface area contributed by atoms with Crippen LogP contribution in [-0.4, -0.2) is 11.3 Å². The molecule has 2 aromatic carbocycles. The van der Waals surface area contributed by atoms with E-state index in [9.17, 15) is 0 Å². The molecule has 2 aromatic rings. The Balaban J connectivity index is 0.000000708. The summed E-state index contributed by atoms with van der Waals surface area (Å²) in [5, 5.41) is 1.75. The Morgan fingerprint density at radius 1 is 0.655 bits per heavy atom. The summed E-state index contributed by atoms with van der Waals surface area (Å²) in [5.74, 6) is 0. The first-order chi connectivity index (χ1) is 13.8. The van der Waals surface area contributed by atoms with Gasteiger partial charge in [0, 0.05) is 13.5 Å². The number of nitrogens with zero attached hydrogens (tertiary/aromatic N) is 3. The van der Waals surface area contributed by atoms with Gasteiger partial charge in [-0.1, -0.05) is 61.4 Å². The fourth-order valence-electron chi connectivity index (χ4n) is 5.20. The van der Waals surface area contributed by atoms with Crippen LogP contribution in [-0.2, 0) is 22.4 Å². The molecule has 2 fully saturated rings. The van der Waals surface area contributed by atoms with Crippen LogP contribution < -0.4 is 5.30 Å². The van der Waals surface area contributed by atoms with E-state index in [2.05, 4.69) is 54.6 Å². The Morgan fingerprint density at radius 2 is 1.10 bits per heavy atom. The van der Waals surface area contributed by atoms with E-state index in [4.69, 9.17) is 11.1 Å². The van der Waals surface area contributed by atoms with E-state index in [1.165, 1.54) is 80.2 Å². The van der Waals surface area contributed by atoms with Gasteiger partial charge in [-0.05, 0) is 63.0 Å². The smallest absolute Gasteiger partial charge is 0.373 e. The summed E-state index contributed by atoms with van der Waals surface area (Å²) >= 11 is 0. The second kappa shape index (κ2) is 13.3. The van der Waals surface area contributed by atoms with Crippen molar-refractivity contribution in [2.75, 3.05) is 0 Å². The van der Waals surface area contributed by atoms with Gasteiger partial charge in [-0.2, -0.15) is 0 Å². The molecule has 0 bridgehead atoms. The minimum Gasteiger partial charge on any atom is -0.373 e. The Bertz CT molecular complexity index is 732. The maximum Gasteiger partial charge on any atom is 1.00 e. The molecule has 0 amide bonds. The first kappa shape index (κ1) is 24.2. The molecule has 0 N–H and O–H groups in total. The monoisotopic (exact) mass is 590 g/mol. The maximum absolute atomic E-state index is 6.75. The largest absolute Gasteiger partial charge is 1.00 e. The van der Waals surface area contributed by atoms with Gasteiger partial charge < -0.3 is 11.1 Å². The third-order valence-corrected chi connectivity index (χ3v) is 10.4. The topological polar surface area (TPSA) is 58.7 Å². The first-order valence-electron chi connectivity index (χ1n) is 10.8. The molecule has 29 heavy (non-hydrogen) atoms. The molecule has 0 aromatic heterocycles. The molecule has 2 aliphatic rings. The van der Waals surface area contributed by atoms with Crippen LogP contribution in [0, 0.1) is 0 Å². The van der Waals surface area contributed by atoms with E-state index >= 15 is 0 Å². The summed E-state index contributed by atoms with van der Waals surface area (Å²) < 4.78 is 0. The van der Waals surface area contributed by atoms with E-state index in [-0.39, 0.29) is 22.4 Å². The summed E-state index contributed by atoms with van der Waals surface area (Å²) in [5.41, 5.74) is 18.5. The predicted octanol–water partition coefficient (Wildman–Crippen LogP) is 7.72. The number of rotatable bonds is 4. The SMILES string of the molecule is [Au+].[N-]=[N+]=[N-].c1ccc(-c2ccccc2[PH+](C2CCCCC2)C2CCCCC2)cc1. The van der Waals surface area contributed by atoms with Crippen LogP contribution in [0.4, 0.5) is 0 Å². The summed E-state index contributed by atoms with van der Waals surface area (Å²) in [6, 6.07) is 20.6. The standard InChI is InChI=1S/C24H31P.Au.N3/c1-4-12-20(13-5-1)23-18-10-11-19-24(23)25(21-14-6-2-7-15-21)22-16-8-3-9-17-22;;1-3-2/h1,4-5,10-13,18-19,21-22H,2-3,6-9,14-17H2;;/q;+1;-1/p+1. The average Bonchev–Trinajstić information content (AvgIpc) is 2.77. The second-order valence-electron chi connectivity index (χ2n) is 8.13. The molecule has 4 rings (SSSR count). The van der Waals surface area contributed by atoms with E-state index in [0.29, 0.717) is 0 Å². The second-order valence-corrected chi connectivity index (χ2v) is 11.2. The third kappa shape index (κ3) is 6.71. The van der Waals surface area contributed by atoms with Crippen LogP contribution in [0.25, 0.3) is 27.1 Å². The number of hydrogen-bond donors (Lipinski definition) is 0. The van der Waals surface area contributed by atoms with Crippen molar-refractivity contribution in [2.24, 2.45) is 0 Å². The molecule has 0 aliphatic heterocycles. The van der Waals surface area contributed by atoms with Gasteiger partial charge in [0.05, 0.1) is 16.6 Å². The van der Waals surface area contributed by atoms with E-state index < -0.39 is 7.92 Å². The molecule has 0 spiro atoms. The molecule has 0 radical (unpaired) electrons. The zero-order chi connectivity index (χ0) is 19.6. The first-order valence-corrected chi connectivity index (χ1v) is 12.5. The van der Waals surface area contributed by atoms with Crippen molar-refractivity contribution in [1.29, 1.82) is 0 Å². The van der Waals surface area contributed by atoms with Gasteiger partial charge in [-0.15, -0.1) is 0 Å². The van der Waals surface area contributed by atoms with Gasteiger partial charge in [0.1, 0.15) is 0 Å². The van der Waals surface area contributed by atoms with Gasteiger partial charge in [0.15, 0.2) is 0 Å². The van der Waals surface area contributed by atoms with Gasteiger partial charge in [0.25, 0.3) is 0 Å². The summed E-state index contributed by atoms with van der Waals surface area (Å²) in [4.78, 5) is 1.50. The minimum absolute atomic E-state index is 0. The molecule has 3 nitrogen and oxygen atoms in total. The van der Waals surface area contributed by atoms with Crippen molar-refractivity contribution in [3.8, 4) is 11.1 Å². The molecule has 158 valence electrons. The van der Waals surface area contributed by atoms with Crippen LogP contribution in [0.2, 0.25) is 0 Å². The van der Waals surface area contributed by atoms with Crippen molar-refractivity contribution >= 4 is 13.2 Å². The normalized spacial score (nSPS) is 17.6. The fourth-order valence-corrected chi connectivity index (χ4v) is 9.64. The van der Waals surface area contributed by atoms with Gasteiger partial charge in [0.2, 0.25) is 0 Å². The number of hydrogen-bond acceptors (Lipinski definition) is 0. The van der Waals surface area contributed by atoms with Crippen LogP contribution >= 0.6 is 7.92 Å². The van der Waals surface area contributed by atoms with Gasteiger partial charge in [-0.25, -0.2) is 0 Å².